The van der Waals surface area contributed by atoms with Gasteiger partial charge in [-0.15, -0.1) is 0 Å². The molecule has 0 spiro atoms. The molecule has 0 fully saturated rings. The van der Waals surface area contributed by atoms with Gasteiger partial charge in [0.25, 0.3) is 15.9 Å². The number of fused-ring (bicyclic) bond motifs is 1. The molecular weight excluding hydrogens is 671 g/mol. The van der Waals surface area contributed by atoms with Crippen molar-refractivity contribution in [1.29, 1.82) is 0 Å². The number of benzene rings is 6. The molecule has 1 heterocycles. The van der Waals surface area contributed by atoms with Crippen LogP contribution in [0.5, 0.6) is 11.5 Å². The second-order valence-electron chi connectivity index (χ2n) is 12.6. The fourth-order valence-corrected chi connectivity index (χ4v) is 7.42. The van der Waals surface area contributed by atoms with Crippen molar-refractivity contribution in [2.45, 2.75) is 38.1 Å². The Bertz CT molecular complexity index is 2250. The highest BCUT2D eigenvalue weighted by Gasteiger charge is 2.40. The SMILES string of the molecule is CCOc1ccc(NS(=O)(=O)c2ccc3c(c2)C(=O)N(c2ccc(C)cc2)[C@H](c2ccc(OCc4ccccc4)cc2)N3Cc2ccccc2)cc1. The molecule has 1 aliphatic heterocycles. The van der Waals surface area contributed by atoms with Crippen LogP contribution in [0.15, 0.2) is 157 Å². The average molecular weight is 710 g/mol. The number of anilines is 3. The zero-order chi connectivity index (χ0) is 36.1. The van der Waals surface area contributed by atoms with E-state index in [4.69, 9.17) is 9.47 Å². The lowest BCUT2D eigenvalue weighted by molar-refractivity contribution is 0.0968. The quantitative estimate of drug-likeness (QED) is 0.136. The molecule has 0 radical (unpaired) electrons. The summed E-state index contributed by atoms with van der Waals surface area (Å²) in [5.41, 5.74) is 6.02. The molecule has 6 aromatic rings. The molecule has 9 heteroatoms. The van der Waals surface area contributed by atoms with E-state index in [9.17, 15) is 13.2 Å². The van der Waals surface area contributed by atoms with E-state index in [0.717, 1.165) is 22.3 Å². The molecule has 0 unspecified atom stereocenters. The van der Waals surface area contributed by atoms with Crippen LogP contribution < -0.4 is 24.0 Å². The van der Waals surface area contributed by atoms with E-state index in [-0.39, 0.29) is 16.4 Å². The molecule has 52 heavy (non-hydrogen) atoms. The van der Waals surface area contributed by atoms with Crippen LogP contribution in [0.3, 0.4) is 0 Å². The normalized spacial score (nSPS) is 14.1. The largest absolute Gasteiger partial charge is 0.494 e. The molecule has 7 rings (SSSR count). The van der Waals surface area contributed by atoms with Crippen molar-refractivity contribution in [2.75, 3.05) is 21.1 Å². The van der Waals surface area contributed by atoms with Crippen LogP contribution in [-0.4, -0.2) is 20.9 Å². The second kappa shape index (κ2) is 15.0. The molecule has 0 bridgehead atoms. The number of sulfonamides is 1. The smallest absolute Gasteiger partial charge is 0.262 e. The van der Waals surface area contributed by atoms with Crippen molar-refractivity contribution in [3.63, 3.8) is 0 Å². The lowest BCUT2D eigenvalue weighted by Crippen LogP contribution is -2.49. The molecule has 1 amide bonds. The van der Waals surface area contributed by atoms with Gasteiger partial charge in [0, 0.05) is 17.9 Å². The predicted octanol–water partition coefficient (Wildman–Crippen LogP) is 9.14. The third-order valence-corrected chi connectivity index (χ3v) is 10.3. The molecule has 6 aromatic carbocycles. The van der Waals surface area contributed by atoms with E-state index in [1.165, 1.54) is 6.07 Å². The standard InChI is InChI=1S/C43H39N3O5S/c1-3-50-37-24-18-35(19-25-37)44-52(48,49)39-26-27-41-40(28-39)43(47)46(36-20-14-31(2)15-21-36)42(45(41)29-32-10-6-4-7-11-32)34-16-22-38(23-17-34)51-30-33-12-8-5-9-13-33/h4-28,42,44H,3,29-30H2,1-2H3/t42-/m1/s1. The summed E-state index contributed by atoms with van der Waals surface area (Å²) >= 11 is 0. The van der Waals surface area contributed by atoms with Crippen LogP contribution in [0.1, 0.15) is 45.7 Å². The number of carbonyl (C=O) groups excluding carboxylic acids is 1. The first-order valence-electron chi connectivity index (χ1n) is 17.2. The van der Waals surface area contributed by atoms with Crippen LogP contribution in [0.25, 0.3) is 0 Å². The molecule has 1 atom stereocenters. The monoisotopic (exact) mass is 709 g/mol. The Morgan fingerprint density at radius 1 is 0.692 bits per heavy atom. The minimum absolute atomic E-state index is 0.0182. The number of hydrogen-bond acceptors (Lipinski definition) is 6. The Hall–Kier alpha value is -6.06. The number of nitrogens with zero attached hydrogens (tertiary/aromatic N) is 2. The van der Waals surface area contributed by atoms with Gasteiger partial charge < -0.3 is 14.4 Å². The minimum atomic E-state index is -4.05. The molecule has 0 aliphatic carbocycles. The number of ether oxygens (including phenoxy) is 2. The van der Waals surface area contributed by atoms with Gasteiger partial charge in [0.05, 0.1) is 22.8 Å². The molecule has 262 valence electrons. The third-order valence-electron chi connectivity index (χ3n) is 8.93. The highest BCUT2D eigenvalue weighted by Crippen LogP contribution is 2.43. The zero-order valence-electron chi connectivity index (χ0n) is 29.0. The van der Waals surface area contributed by atoms with Gasteiger partial charge in [-0.3, -0.25) is 14.4 Å². The Kier molecular flexibility index (Phi) is 9.95. The van der Waals surface area contributed by atoms with Crippen LogP contribution in [0.2, 0.25) is 0 Å². The van der Waals surface area contributed by atoms with Gasteiger partial charge in [-0.25, -0.2) is 8.42 Å². The summed E-state index contributed by atoms with van der Waals surface area (Å²) in [6.07, 6.45) is -0.560. The molecule has 1 N–H and O–H groups in total. The maximum absolute atomic E-state index is 14.8. The fraction of sp³-hybridized carbons (Fsp3) is 0.140. The van der Waals surface area contributed by atoms with Crippen molar-refractivity contribution in [1.82, 2.24) is 0 Å². The molecule has 8 nitrogen and oxygen atoms in total. The summed E-state index contributed by atoms with van der Waals surface area (Å²) < 4.78 is 41.7. The maximum atomic E-state index is 14.8. The van der Waals surface area contributed by atoms with E-state index in [1.807, 2.05) is 123 Å². The lowest BCUT2D eigenvalue weighted by Gasteiger charge is -2.46. The minimum Gasteiger partial charge on any atom is -0.494 e. The van der Waals surface area contributed by atoms with Crippen LogP contribution >= 0.6 is 0 Å². The Labute approximate surface area is 304 Å². The van der Waals surface area contributed by atoms with E-state index < -0.39 is 16.2 Å². The van der Waals surface area contributed by atoms with E-state index >= 15 is 0 Å². The number of amides is 1. The summed E-state index contributed by atoms with van der Waals surface area (Å²) in [5.74, 6) is 1.04. The van der Waals surface area contributed by atoms with Gasteiger partial charge in [-0.05, 0) is 97.3 Å². The Morgan fingerprint density at radius 3 is 1.96 bits per heavy atom. The first-order valence-corrected chi connectivity index (χ1v) is 18.6. The number of nitrogens with one attached hydrogen (secondary N) is 1. The maximum Gasteiger partial charge on any atom is 0.262 e. The number of hydrogen-bond donors (Lipinski definition) is 1. The topological polar surface area (TPSA) is 88.2 Å². The van der Waals surface area contributed by atoms with Crippen molar-refractivity contribution in [2.24, 2.45) is 0 Å². The van der Waals surface area contributed by atoms with Crippen molar-refractivity contribution < 1.29 is 22.7 Å². The van der Waals surface area contributed by atoms with Gasteiger partial charge >= 0.3 is 0 Å². The van der Waals surface area contributed by atoms with Crippen LogP contribution in [-0.2, 0) is 23.2 Å². The molecule has 1 aliphatic rings. The summed E-state index contributed by atoms with van der Waals surface area (Å²) in [7, 11) is -4.05. The van der Waals surface area contributed by atoms with Crippen molar-refractivity contribution in [3.8, 4) is 11.5 Å². The Morgan fingerprint density at radius 2 is 1.31 bits per heavy atom. The summed E-state index contributed by atoms with van der Waals surface area (Å²) in [5, 5.41) is 0. The van der Waals surface area contributed by atoms with Gasteiger partial charge in [-0.1, -0.05) is 90.5 Å². The lowest BCUT2D eigenvalue weighted by atomic mass is 9.98. The van der Waals surface area contributed by atoms with E-state index in [1.54, 1.807) is 41.3 Å². The van der Waals surface area contributed by atoms with E-state index in [0.29, 0.717) is 48.3 Å². The number of aryl methyl sites for hydroxylation is 1. The summed E-state index contributed by atoms with van der Waals surface area (Å²) in [6, 6.07) is 47.1. The highest BCUT2D eigenvalue weighted by molar-refractivity contribution is 7.92. The van der Waals surface area contributed by atoms with Crippen LogP contribution in [0.4, 0.5) is 17.1 Å². The van der Waals surface area contributed by atoms with Gasteiger partial charge in [-0.2, -0.15) is 0 Å². The second-order valence-corrected chi connectivity index (χ2v) is 14.3. The predicted molar refractivity (Wildman–Crippen MR) is 205 cm³/mol. The first-order chi connectivity index (χ1) is 25.3. The Balaban J connectivity index is 1.29. The summed E-state index contributed by atoms with van der Waals surface area (Å²) in [4.78, 5) is 18.7. The highest BCUT2D eigenvalue weighted by atomic mass is 32.2. The van der Waals surface area contributed by atoms with E-state index in [2.05, 4.69) is 9.62 Å². The van der Waals surface area contributed by atoms with Crippen molar-refractivity contribution in [3.05, 3.63) is 179 Å². The number of rotatable bonds is 12. The van der Waals surface area contributed by atoms with Gasteiger partial charge in [0.2, 0.25) is 0 Å². The van der Waals surface area contributed by atoms with Crippen molar-refractivity contribution >= 4 is 33.0 Å². The first kappa shape index (κ1) is 34.4. The zero-order valence-corrected chi connectivity index (χ0v) is 29.8. The molecule has 0 saturated heterocycles. The summed E-state index contributed by atoms with van der Waals surface area (Å²) in [6.45, 7) is 5.28. The number of carbonyl (C=O) groups is 1. The molecular formula is C43H39N3O5S. The molecule has 0 saturated carbocycles. The average Bonchev–Trinajstić information content (AvgIpc) is 3.17. The fourth-order valence-electron chi connectivity index (χ4n) is 6.34. The van der Waals surface area contributed by atoms with Gasteiger partial charge in [0.1, 0.15) is 24.3 Å². The third kappa shape index (κ3) is 7.50. The van der Waals surface area contributed by atoms with Gasteiger partial charge in [0.15, 0.2) is 0 Å². The molecule has 0 aromatic heterocycles. The van der Waals surface area contributed by atoms with Crippen LogP contribution in [0, 0.1) is 6.92 Å².